The van der Waals surface area contributed by atoms with Gasteiger partial charge in [-0.3, -0.25) is 9.88 Å². The van der Waals surface area contributed by atoms with Crippen LogP contribution in [-0.4, -0.2) is 89.8 Å². The molecule has 1 saturated carbocycles. The number of oxime groups is 1. The number of carbonyl (C=O) groups excluding carboxylic acids is 1. The van der Waals surface area contributed by atoms with Gasteiger partial charge in [-0.25, -0.2) is 4.79 Å². The zero-order valence-corrected chi connectivity index (χ0v) is 44.2. The first kappa shape index (κ1) is 55.1. The van der Waals surface area contributed by atoms with Gasteiger partial charge in [-0.1, -0.05) is 107 Å². The number of hydrogen-bond acceptors (Lipinski definition) is 13. The van der Waals surface area contributed by atoms with Gasteiger partial charge in [-0.05, 0) is 117 Å². The van der Waals surface area contributed by atoms with E-state index in [1.807, 2.05) is 55.5 Å². The summed E-state index contributed by atoms with van der Waals surface area (Å²) in [5.41, 5.74) is 5.17. The van der Waals surface area contributed by atoms with Crippen LogP contribution in [0.5, 0.6) is 23.0 Å². The molecule has 2 aliphatic carbocycles. The molecule has 5 aliphatic rings. The lowest BCUT2D eigenvalue weighted by atomic mass is 9.55. The number of unbranched alkanes of at least 4 members (excludes halogenated alkanes) is 11. The minimum atomic E-state index is -1.48. The molecule has 1 saturated heterocycles. The van der Waals surface area contributed by atoms with E-state index < -0.39 is 30.1 Å². The Morgan fingerprint density at radius 1 is 0.892 bits per heavy atom. The molecule has 1 unspecified atom stereocenters. The van der Waals surface area contributed by atoms with Gasteiger partial charge in [0.05, 0.1) is 37.1 Å². The Balaban J connectivity index is 1.22. The van der Waals surface area contributed by atoms with E-state index in [-0.39, 0.29) is 70.5 Å². The van der Waals surface area contributed by atoms with E-state index in [9.17, 15) is 10.2 Å². The summed E-state index contributed by atoms with van der Waals surface area (Å²) in [6.07, 6.45) is 22.2. The molecular weight excluding hydrogens is 939 g/mol. The molecule has 2 N–H and O–H groups in total. The number of aryl methyl sites for hydroxylation is 1. The molecule has 0 bridgehead atoms. The van der Waals surface area contributed by atoms with Gasteiger partial charge in [0.15, 0.2) is 11.5 Å². The van der Waals surface area contributed by atoms with E-state index in [1.165, 1.54) is 44.9 Å². The van der Waals surface area contributed by atoms with Crippen molar-refractivity contribution >= 4 is 11.8 Å². The number of amides is 1. The Labute approximate surface area is 439 Å². The standard InChI is InChI=1S/C60H83N3O11/c1-4-6-7-8-9-10-11-12-13-19-35-68-59(66)63(40-44-27-29-53-54(36-44)71-42-70-53)55-39-51(62-74-56-26-16-20-34-67-56)49-37-45(23-14-17-31-64)48(25-15-18-32-65)57-50-38-47(69-41-46-24-21-22-43(3)61-46)28-30-52(50)73-60(55,58(49)57)72-33-5-2/h5,21-22,24,27-30,36-38,45,48,55-58,64-65H,2,4,6-20,23,25-26,31-35,39-42H2,1,3H3/t45-,48+,55-,56?,57+,58+,60+/m0/s1. The van der Waals surface area contributed by atoms with Crippen LogP contribution in [0.4, 0.5) is 4.79 Å². The molecule has 8 rings (SSSR count). The van der Waals surface area contributed by atoms with Gasteiger partial charge in [-0.15, -0.1) is 6.58 Å². The van der Waals surface area contributed by atoms with Crippen molar-refractivity contribution in [1.29, 1.82) is 0 Å². The van der Waals surface area contributed by atoms with E-state index in [0.29, 0.717) is 54.6 Å². The lowest BCUT2D eigenvalue weighted by molar-refractivity contribution is -0.256. The molecule has 1 amide bonds. The Morgan fingerprint density at radius 3 is 2.42 bits per heavy atom. The van der Waals surface area contributed by atoms with Crippen LogP contribution in [0.3, 0.4) is 0 Å². The first-order valence-electron chi connectivity index (χ1n) is 28.1. The van der Waals surface area contributed by atoms with Gasteiger partial charge in [-0.2, -0.15) is 0 Å². The predicted molar refractivity (Wildman–Crippen MR) is 284 cm³/mol. The predicted octanol–water partition coefficient (Wildman–Crippen LogP) is 12.4. The molecule has 0 spiro atoms. The van der Waals surface area contributed by atoms with Crippen LogP contribution in [0.25, 0.3) is 0 Å². The number of aliphatic hydroxyl groups excluding tert-OH is 2. The fourth-order valence-electron chi connectivity index (χ4n) is 11.9. The molecule has 4 heterocycles. The number of benzene rings is 2. The van der Waals surface area contributed by atoms with Gasteiger partial charge in [0.1, 0.15) is 24.1 Å². The Morgan fingerprint density at radius 2 is 1.66 bits per heavy atom. The maximum absolute atomic E-state index is 15.3. The van der Waals surface area contributed by atoms with Crippen LogP contribution < -0.4 is 18.9 Å². The van der Waals surface area contributed by atoms with Crippen LogP contribution in [-0.2, 0) is 32.2 Å². The number of aliphatic hydroxyl groups is 2. The minimum Gasteiger partial charge on any atom is -0.487 e. The van der Waals surface area contributed by atoms with Crippen LogP contribution in [0.2, 0.25) is 0 Å². The van der Waals surface area contributed by atoms with Crippen LogP contribution >= 0.6 is 0 Å². The molecule has 3 aliphatic heterocycles. The average molecular weight is 1020 g/mol. The van der Waals surface area contributed by atoms with E-state index in [4.69, 9.17) is 48.1 Å². The second kappa shape index (κ2) is 28.1. The summed E-state index contributed by atoms with van der Waals surface area (Å²) in [5, 5.41) is 25.3. The zero-order chi connectivity index (χ0) is 51.5. The van der Waals surface area contributed by atoms with E-state index in [0.717, 1.165) is 85.9 Å². The molecular formula is C60H83N3O11. The Hall–Kier alpha value is -5.15. The van der Waals surface area contributed by atoms with Crippen molar-refractivity contribution in [2.24, 2.45) is 22.9 Å². The second-order valence-corrected chi connectivity index (χ2v) is 20.8. The lowest BCUT2D eigenvalue weighted by Gasteiger charge is -2.60. The van der Waals surface area contributed by atoms with Gasteiger partial charge in [0.2, 0.25) is 18.9 Å². The third kappa shape index (κ3) is 14.0. The molecule has 404 valence electrons. The van der Waals surface area contributed by atoms with Crippen molar-refractivity contribution < 1.29 is 53.0 Å². The number of carbonyl (C=O) groups is 1. The summed E-state index contributed by atoms with van der Waals surface area (Å²) >= 11 is 0. The fourth-order valence-corrected chi connectivity index (χ4v) is 11.9. The van der Waals surface area contributed by atoms with Crippen LogP contribution in [0, 0.1) is 24.7 Å². The maximum atomic E-state index is 15.3. The normalized spacial score (nSPS) is 24.1. The first-order chi connectivity index (χ1) is 36.3. The van der Waals surface area contributed by atoms with Crippen LogP contribution in [0.15, 0.2) is 84.1 Å². The average Bonchev–Trinajstić information content (AvgIpc) is 3.90. The van der Waals surface area contributed by atoms with Crippen molar-refractivity contribution in [2.75, 3.05) is 39.8 Å². The van der Waals surface area contributed by atoms with Gasteiger partial charge in [0, 0.05) is 49.8 Å². The van der Waals surface area contributed by atoms with Crippen LogP contribution in [0.1, 0.15) is 164 Å². The fraction of sp³-hybridized carbons (Fsp3) is 0.617. The smallest absolute Gasteiger partial charge is 0.410 e. The topological polar surface area (TPSA) is 160 Å². The SMILES string of the molecule is C=CCO[C@@]12Oc3ccc(OCc4cccc(C)n4)cc3[C@H]3[C@H](CCCCO)[C@@H](CCCCO)C=C(C(=NOC4CCCCO4)C[C@@H]1N(Cc1ccc4c(c1)OCO4)C(=O)OCCCCCCCCCCCC)[C@H]32. The van der Waals surface area contributed by atoms with Crippen molar-refractivity contribution in [3.8, 4) is 23.0 Å². The molecule has 3 aromatic rings. The summed E-state index contributed by atoms with van der Waals surface area (Å²) < 4.78 is 45.4. The van der Waals surface area contributed by atoms with Crippen molar-refractivity contribution in [3.63, 3.8) is 0 Å². The number of pyridine rings is 1. The number of fused-ring (bicyclic) bond motifs is 3. The molecule has 2 aromatic carbocycles. The summed E-state index contributed by atoms with van der Waals surface area (Å²) in [6, 6.07) is 16.9. The quantitative estimate of drug-likeness (QED) is 0.0370. The minimum absolute atomic E-state index is 0.0326. The highest BCUT2D eigenvalue weighted by atomic mass is 16.8. The number of allylic oxidation sites excluding steroid dienone is 1. The monoisotopic (exact) mass is 1020 g/mol. The Bertz CT molecular complexity index is 2320. The summed E-state index contributed by atoms with van der Waals surface area (Å²) in [7, 11) is 0. The summed E-state index contributed by atoms with van der Waals surface area (Å²) in [6.45, 7) is 10.1. The number of ether oxygens (including phenoxy) is 7. The van der Waals surface area contributed by atoms with E-state index in [1.54, 1.807) is 11.0 Å². The Kier molecular flexibility index (Phi) is 20.9. The largest absolute Gasteiger partial charge is 0.487 e. The third-order valence-electron chi connectivity index (χ3n) is 15.5. The number of aromatic nitrogens is 1. The number of rotatable bonds is 30. The van der Waals surface area contributed by atoms with E-state index >= 15 is 4.79 Å². The molecule has 0 radical (unpaired) electrons. The zero-order valence-electron chi connectivity index (χ0n) is 44.2. The third-order valence-corrected chi connectivity index (χ3v) is 15.5. The van der Waals surface area contributed by atoms with Crippen molar-refractivity contribution in [3.05, 3.63) is 101 Å². The molecule has 74 heavy (non-hydrogen) atoms. The lowest BCUT2D eigenvalue weighted by Crippen LogP contribution is -2.70. The second-order valence-electron chi connectivity index (χ2n) is 20.8. The van der Waals surface area contributed by atoms with Crippen molar-refractivity contribution in [1.82, 2.24) is 9.88 Å². The highest BCUT2D eigenvalue weighted by Crippen LogP contribution is 2.62. The van der Waals surface area contributed by atoms with Gasteiger partial charge >= 0.3 is 6.09 Å². The summed E-state index contributed by atoms with van der Waals surface area (Å²) in [4.78, 5) is 28.1. The highest BCUT2D eigenvalue weighted by Gasteiger charge is 2.66. The molecule has 14 nitrogen and oxygen atoms in total. The van der Waals surface area contributed by atoms with E-state index in [2.05, 4.69) is 25.6 Å². The molecule has 14 heteroatoms. The molecule has 7 atom stereocenters. The molecule has 1 aromatic heterocycles. The first-order valence-corrected chi connectivity index (χ1v) is 28.1. The number of hydrogen-bond donors (Lipinski definition) is 2. The summed E-state index contributed by atoms with van der Waals surface area (Å²) in [5.74, 6) is 0.429. The van der Waals surface area contributed by atoms with Crippen molar-refractivity contribution in [2.45, 2.75) is 179 Å². The van der Waals surface area contributed by atoms with Gasteiger partial charge in [0.25, 0.3) is 0 Å². The van der Waals surface area contributed by atoms with Gasteiger partial charge < -0.3 is 48.2 Å². The highest BCUT2D eigenvalue weighted by molar-refractivity contribution is 6.03. The molecule has 2 fully saturated rings. The maximum Gasteiger partial charge on any atom is 0.410 e. The number of nitrogens with zero attached hydrogens (tertiary/aromatic N) is 3.